The highest BCUT2D eigenvalue weighted by Crippen LogP contribution is 2.41. The lowest BCUT2D eigenvalue weighted by Gasteiger charge is -2.46. The third kappa shape index (κ3) is 3.22. The highest BCUT2D eigenvalue weighted by atomic mass is 16.1. The van der Waals surface area contributed by atoms with Gasteiger partial charge in [-0.15, -0.1) is 0 Å². The molecular weight excluding hydrogens is 262 g/mol. The van der Waals surface area contributed by atoms with Crippen molar-refractivity contribution < 1.29 is 0 Å². The van der Waals surface area contributed by atoms with Crippen LogP contribution in [0.4, 0.5) is 0 Å². The van der Waals surface area contributed by atoms with Crippen molar-refractivity contribution in [1.29, 1.82) is 0 Å². The summed E-state index contributed by atoms with van der Waals surface area (Å²) in [4.78, 5) is 14.4. The predicted molar refractivity (Wildman–Crippen MR) is 85.5 cm³/mol. The molecule has 1 saturated heterocycles. The van der Waals surface area contributed by atoms with E-state index in [-0.39, 0.29) is 11.1 Å². The summed E-state index contributed by atoms with van der Waals surface area (Å²) in [6.07, 6.45) is 5.79. The van der Waals surface area contributed by atoms with Gasteiger partial charge in [-0.05, 0) is 38.2 Å². The minimum atomic E-state index is 0.102. The fourth-order valence-electron chi connectivity index (χ4n) is 3.63. The predicted octanol–water partition coefficient (Wildman–Crippen LogP) is 1.70. The smallest absolute Gasteiger partial charge is 0.250 e. The molecule has 4 nitrogen and oxygen atoms in total. The third-order valence-corrected chi connectivity index (χ3v) is 5.27. The molecule has 1 aromatic rings. The standard InChI is InChI=1S/C17H27N3O/c1-3-15-12-18-17(2,14-7-8-14)13-20(15)11-10-19-9-5-4-6-16(19)21/h4-6,9,14-15,18H,3,7-8,10-13H2,1-2H3. The lowest BCUT2D eigenvalue weighted by atomic mass is 9.90. The molecule has 116 valence electrons. The average Bonchev–Trinajstić information content (AvgIpc) is 3.32. The molecular formula is C17H27N3O. The number of nitrogens with zero attached hydrogens (tertiary/aromatic N) is 2. The Morgan fingerprint density at radius 2 is 2.14 bits per heavy atom. The molecule has 4 heteroatoms. The van der Waals surface area contributed by atoms with Crippen LogP contribution in [0.1, 0.15) is 33.1 Å². The molecule has 1 saturated carbocycles. The molecule has 0 amide bonds. The van der Waals surface area contributed by atoms with Crippen LogP contribution in [-0.4, -0.2) is 40.7 Å². The Morgan fingerprint density at radius 1 is 1.33 bits per heavy atom. The van der Waals surface area contributed by atoms with E-state index in [0.717, 1.165) is 38.5 Å². The molecule has 1 aliphatic heterocycles. The fourth-order valence-corrected chi connectivity index (χ4v) is 3.63. The second-order valence-electron chi connectivity index (χ2n) is 6.84. The Labute approximate surface area is 127 Å². The van der Waals surface area contributed by atoms with Gasteiger partial charge in [-0.1, -0.05) is 13.0 Å². The SMILES string of the molecule is CCC1CNC(C)(C2CC2)CN1CCn1ccccc1=O. The van der Waals surface area contributed by atoms with Gasteiger partial charge in [-0.2, -0.15) is 0 Å². The number of hydrogen-bond donors (Lipinski definition) is 1. The van der Waals surface area contributed by atoms with Gasteiger partial charge in [-0.25, -0.2) is 0 Å². The summed E-state index contributed by atoms with van der Waals surface area (Å²) in [7, 11) is 0. The Kier molecular flexibility index (Phi) is 4.18. The number of hydrogen-bond acceptors (Lipinski definition) is 3. The monoisotopic (exact) mass is 289 g/mol. The molecule has 0 bridgehead atoms. The maximum atomic E-state index is 11.8. The first-order valence-electron chi connectivity index (χ1n) is 8.27. The van der Waals surface area contributed by atoms with Crippen LogP contribution >= 0.6 is 0 Å². The van der Waals surface area contributed by atoms with E-state index >= 15 is 0 Å². The Balaban J connectivity index is 1.66. The van der Waals surface area contributed by atoms with Crippen molar-refractivity contribution in [2.24, 2.45) is 5.92 Å². The van der Waals surface area contributed by atoms with Crippen molar-refractivity contribution in [3.8, 4) is 0 Å². The van der Waals surface area contributed by atoms with Crippen molar-refractivity contribution in [1.82, 2.24) is 14.8 Å². The van der Waals surface area contributed by atoms with Crippen LogP contribution in [0.5, 0.6) is 0 Å². The minimum absolute atomic E-state index is 0.102. The largest absolute Gasteiger partial charge is 0.314 e. The summed E-state index contributed by atoms with van der Waals surface area (Å²) in [6.45, 7) is 8.57. The van der Waals surface area contributed by atoms with Crippen LogP contribution in [0.25, 0.3) is 0 Å². The number of nitrogens with one attached hydrogen (secondary N) is 1. The van der Waals surface area contributed by atoms with Crippen LogP contribution in [-0.2, 0) is 6.54 Å². The number of pyridine rings is 1. The van der Waals surface area contributed by atoms with Gasteiger partial charge in [-0.3, -0.25) is 9.69 Å². The van der Waals surface area contributed by atoms with E-state index < -0.39 is 0 Å². The normalized spacial score (nSPS) is 30.5. The Morgan fingerprint density at radius 3 is 2.81 bits per heavy atom. The first kappa shape index (κ1) is 14.8. The number of aromatic nitrogens is 1. The Hall–Kier alpha value is -1.13. The molecule has 1 aromatic heterocycles. The van der Waals surface area contributed by atoms with Crippen LogP contribution in [0.2, 0.25) is 0 Å². The zero-order valence-corrected chi connectivity index (χ0v) is 13.2. The summed E-state index contributed by atoms with van der Waals surface area (Å²) in [6, 6.07) is 5.98. The quantitative estimate of drug-likeness (QED) is 0.896. The van der Waals surface area contributed by atoms with E-state index in [2.05, 4.69) is 24.1 Å². The first-order chi connectivity index (χ1) is 10.1. The van der Waals surface area contributed by atoms with Crippen molar-refractivity contribution >= 4 is 0 Å². The van der Waals surface area contributed by atoms with E-state index in [0.29, 0.717) is 6.04 Å². The van der Waals surface area contributed by atoms with Gasteiger partial charge in [0.05, 0.1) is 0 Å². The molecule has 2 fully saturated rings. The van der Waals surface area contributed by atoms with Crippen LogP contribution in [0.3, 0.4) is 0 Å². The van der Waals surface area contributed by atoms with Gasteiger partial charge in [0.25, 0.3) is 5.56 Å². The lowest BCUT2D eigenvalue weighted by molar-refractivity contribution is 0.0697. The molecule has 2 aliphatic rings. The van der Waals surface area contributed by atoms with Gasteiger partial charge in [0, 0.05) is 50.0 Å². The molecule has 2 heterocycles. The molecule has 21 heavy (non-hydrogen) atoms. The zero-order valence-electron chi connectivity index (χ0n) is 13.2. The van der Waals surface area contributed by atoms with Crippen molar-refractivity contribution in [2.45, 2.75) is 51.2 Å². The maximum Gasteiger partial charge on any atom is 0.250 e. The van der Waals surface area contributed by atoms with Crippen molar-refractivity contribution in [3.63, 3.8) is 0 Å². The van der Waals surface area contributed by atoms with E-state index in [4.69, 9.17) is 0 Å². The molecule has 2 unspecified atom stereocenters. The summed E-state index contributed by atoms with van der Waals surface area (Å²) in [5, 5.41) is 3.79. The van der Waals surface area contributed by atoms with Gasteiger partial charge in [0.15, 0.2) is 0 Å². The van der Waals surface area contributed by atoms with Crippen molar-refractivity contribution in [2.75, 3.05) is 19.6 Å². The molecule has 2 atom stereocenters. The van der Waals surface area contributed by atoms with E-state index in [1.165, 1.54) is 12.8 Å². The maximum absolute atomic E-state index is 11.8. The summed E-state index contributed by atoms with van der Waals surface area (Å²) in [5.74, 6) is 0.845. The molecule has 1 aliphatic carbocycles. The van der Waals surface area contributed by atoms with E-state index in [1.54, 1.807) is 6.07 Å². The van der Waals surface area contributed by atoms with Crippen LogP contribution in [0, 0.1) is 5.92 Å². The highest BCUT2D eigenvalue weighted by Gasteiger charge is 2.45. The first-order valence-corrected chi connectivity index (χ1v) is 8.27. The van der Waals surface area contributed by atoms with Crippen LogP contribution < -0.4 is 10.9 Å². The molecule has 1 N–H and O–H groups in total. The van der Waals surface area contributed by atoms with Gasteiger partial charge >= 0.3 is 0 Å². The van der Waals surface area contributed by atoms with Crippen LogP contribution in [0.15, 0.2) is 29.2 Å². The highest BCUT2D eigenvalue weighted by molar-refractivity contribution is 5.04. The Bertz CT molecular complexity index is 537. The minimum Gasteiger partial charge on any atom is -0.314 e. The average molecular weight is 289 g/mol. The number of rotatable bonds is 5. The zero-order chi connectivity index (χ0) is 14.9. The fraction of sp³-hybridized carbons (Fsp3) is 0.706. The van der Waals surface area contributed by atoms with Gasteiger partial charge in [0.1, 0.15) is 0 Å². The summed E-state index contributed by atoms with van der Waals surface area (Å²) in [5.41, 5.74) is 0.374. The summed E-state index contributed by atoms with van der Waals surface area (Å²) < 4.78 is 1.82. The van der Waals surface area contributed by atoms with Gasteiger partial charge < -0.3 is 9.88 Å². The summed E-state index contributed by atoms with van der Waals surface area (Å²) >= 11 is 0. The molecule has 0 radical (unpaired) electrons. The number of piperazine rings is 1. The topological polar surface area (TPSA) is 37.3 Å². The molecule has 0 aromatic carbocycles. The van der Waals surface area contributed by atoms with Crippen molar-refractivity contribution in [3.05, 3.63) is 34.7 Å². The third-order valence-electron chi connectivity index (χ3n) is 5.27. The second kappa shape index (κ2) is 5.93. The molecule has 0 spiro atoms. The van der Waals surface area contributed by atoms with E-state index in [1.807, 2.05) is 22.9 Å². The van der Waals surface area contributed by atoms with Gasteiger partial charge in [0.2, 0.25) is 0 Å². The van der Waals surface area contributed by atoms with E-state index in [9.17, 15) is 4.79 Å². The lowest BCUT2D eigenvalue weighted by Crippen LogP contribution is -2.64. The molecule has 3 rings (SSSR count). The second-order valence-corrected chi connectivity index (χ2v) is 6.84.